The van der Waals surface area contributed by atoms with Crippen LogP contribution < -0.4 is 0 Å². The van der Waals surface area contributed by atoms with Crippen molar-refractivity contribution in [1.29, 1.82) is 0 Å². The van der Waals surface area contributed by atoms with E-state index in [4.69, 9.17) is 0 Å². The van der Waals surface area contributed by atoms with Gasteiger partial charge in [-0.15, -0.1) is 5.10 Å². The maximum absolute atomic E-state index is 11.6. The molecule has 1 aromatic rings. The summed E-state index contributed by atoms with van der Waals surface area (Å²) >= 11 is 0. The van der Waals surface area contributed by atoms with Crippen molar-refractivity contribution in [2.75, 3.05) is 14.1 Å². The second-order valence-electron chi connectivity index (χ2n) is 3.29. The van der Waals surface area contributed by atoms with Crippen molar-refractivity contribution < 1.29 is 4.79 Å². The maximum Gasteiger partial charge on any atom is 0.209 e. The minimum atomic E-state index is -0.121. The van der Waals surface area contributed by atoms with Crippen LogP contribution >= 0.6 is 0 Å². The van der Waals surface area contributed by atoms with Gasteiger partial charge in [-0.3, -0.25) is 9.48 Å². The molecule has 5 nitrogen and oxygen atoms in total. The number of allylic oxidation sites excluding steroid dienone is 1. The molecule has 0 radical (unpaired) electrons. The zero-order valence-electron chi connectivity index (χ0n) is 8.85. The van der Waals surface area contributed by atoms with E-state index in [1.165, 1.54) is 6.08 Å². The third-order valence-electron chi connectivity index (χ3n) is 1.86. The molecular formula is C9H14N4O. The summed E-state index contributed by atoms with van der Waals surface area (Å²) < 4.78 is 1.58. The van der Waals surface area contributed by atoms with Gasteiger partial charge in [0.1, 0.15) is 0 Å². The van der Waals surface area contributed by atoms with Crippen molar-refractivity contribution in [1.82, 2.24) is 19.9 Å². The lowest BCUT2D eigenvalue weighted by Gasteiger charge is -2.01. The van der Waals surface area contributed by atoms with E-state index in [1.807, 2.05) is 21.0 Å². The molecule has 0 spiro atoms. The van der Waals surface area contributed by atoms with E-state index in [0.717, 1.165) is 5.69 Å². The highest BCUT2D eigenvalue weighted by molar-refractivity contribution is 6.03. The number of hydrogen-bond donors (Lipinski definition) is 0. The molecule has 0 N–H and O–H groups in total. The topological polar surface area (TPSA) is 51.0 Å². The van der Waals surface area contributed by atoms with Crippen LogP contribution in [0.1, 0.15) is 16.2 Å². The van der Waals surface area contributed by atoms with Gasteiger partial charge >= 0.3 is 0 Å². The average Bonchev–Trinajstić information content (AvgIpc) is 2.44. The van der Waals surface area contributed by atoms with Gasteiger partial charge in [0.25, 0.3) is 0 Å². The lowest BCUT2D eigenvalue weighted by atomic mass is 10.2. The first-order chi connectivity index (χ1) is 6.52. The molecule has 5 heteroatoms. The fourth-order valence-corrected chi connectivity index (χ4v) is 0.928. The molecule has 0 amide bonds. The van der Waals surface area contributed by atoms with E-state index < -0.39 is 0 Å². The predicted octanol–water partition coefficient (Wildman–Crippen LogP) is 0.382. The van der Waals surface area contributed by atoms with E-state index in [-0.39, 0.29) is 5.78 Å². The standard InChI is InChI=1S/C9H14N4O/c1-7-9(10-11-13(7)4)8(14)5-6-12(2)3/h5-6H,1-4H3/b6-5+. The third kappa shape index (κ3) is 2.18. The van der Waals surface area contributed by atoms with Gasteiger partial charge in [0.05, 0.1) is 5.69 Å². The van der Waals surface area contributed by atoms with Crippen molar-refractivity contribution in [3.63, 3.8) is 0 Å². The molecule has 1 aromatic heterocycles. The fraction of sp³-hybridized carbons (Fsp3) is 0.444. The number of aromatic nitrogens is 3. The van der Waals surface area contributed by atoms with Crippen LogP contribution in [-0.4, -0.2) is 39.8 Å². The summed E-state index contributed by atoms with van der Waals surface area (Å²) in [6, 6.07) is 0. The second kappa shape index (κ2) is 4.04. The monoisotopic (exact) mass is 194 g/mol. The largest absolute Gasteiger partial charge is 0.383 e. The predicted molar refractivity (Wildman–Crippen MR) is 52.9 cm³/mol. The average molecular weight is 194 g/mol. The van der Waals surface area contributed by atoms with Crippen molar-refractivity contribution in [2.24, 2.45) is 7.05 Å². The summed E-state index contributed by atoms with van der Waals surface area (Å²) in [7, 11) is 5.47. The highest BCUT2D eigenvalue weighted by atomic mass is 16.1. The molecule has 0 fully saturated rings. The molecular weight excluding hydrogens is 180 g/mol. The Morgan fingerprint density at radius 2 is 2.14 bits per heavy atom. The van der Waals surface area contributed by atoms with Crippen LogP contribution in [0.15, 0.2) is 12.3 Å². The van der Waals surface area contributed by atoms with Crippen LogP contribution in [0.3, 0.4) is 0 Å². The molecule has 0 aliphatic rings. The van der Waals surface area contributed by atoms with Crippen LogP contribution in [0, 0.1) is 6.92 Å². The number of carbonyl (C=O) groups is 1. The van der Waals surface area contributed by atoms with Crippen molar-refractivity contribution >= 4 is 5.78 Å². The number of nitrogens with zero attached hydrogens (tertiary/aromatic N) is 4. The lowest BCUT2D eigenvalue weighted by molar-refractivity contribution is 0.104. The molecule has 0 aliphatic carbocycles. The summed E-state index contributed by atoms with van der Waals surface area (Å²) in [5.74, 6) is -0.121. The Hall–Kier alpha value is -1.65. The Morgan fingerprint density at radius 1 is 1.50 bits per heavy atom. The van der Waals surface area contributed by atoms with Crippen molar-refractivity contribution in [2.45, 2.75) is 6.92 Å². The molecule has 0 unspecified atom stereocenters. The summed E-state index contributed by atoms with van der Waals surface area (Å²) in [5, 5.41) is 7.55. The van der Waals surface area contributed by atoms with Gasteiger partial charge in [0.2, 0.25) is 5.78 Å². The summed E-state index contributed by atoms with van der Waals surface area (Å²) in [5.41, 5.74) is 1.18. The van der Waals surface area contributed by atoms with E-state index in [0.29, 0.717) is 5.69 Å². The highest BCUT2D eigenvalue weighted by Gasteiger charge is 2.11. The lowest BCUT2D eigenvalue weighted by Crippen LogP contribution is -2.04. The molecule has 0 bridgehead atoms. The smallest absolute Gasteiger partial charge is 0.209 e. The van der Waals surface area contributed by atoms with E-state index >= 15 is 0 Å². The zero-order valence-corrected chi connectivity index (χ0v) is 8.85. The molecule has 76 valence electrons. The fourth-order valence-electron chi connectivity index (χ4n) is 0.928. The first-order valence-corrected chi connectivity index (χ1v) is 4.27. The van der Waals surface area contributed by atoms with Crippen LogP contribution in [0.2, 0.25) is 0 Å². The van der Waals surface area contributed by atoms with Gasteiger partial charge in [0.15, 0.2) is 5.69 Å². The van der Waals surface area contributed by atoms with Crippen LogP contribution in [-0.2, 0) is 7.05 Å². The number of carbonyl (C=O) groups excluding carboxylic acids is 1. The Morgan fingerprint density at radius 3 is 2.57 bits per heavy atom. The van der Waals surface area contributed by atoms with Crippen LogP contribution in [0.4, 0.5) is 0 Å². The number of aryl methyl sites for hydroxylation is 1. The highest BCUT2D eigenvalue weighted by Crippen LogP contribution is 2.03. The summed E-state index contributed by atoms with van der Waals surface area (Å²) in [6.07, 6.45) is 3.17. The Bertz CT molecular complexity index is 365. The second-order valence-corrected chi connectivity index (χ2v) is 3.29. The van der Waals surface area contributed by atoms with Gasteiger partial charge in [-0.25, -0.2) is 0 Å². The molecule has 0 aromatic carbocycles. The first kappa shape index (κ1) is 10.4. The molecule has 0 saturated carbocycles. The Kier molecular flexibility index (Phi) is 3.01. The van der Waals surface area contributed by atoms with Gasteiger partial charge < -0.3 is 4.90 Å². The minimum Gasteiger partial charge on any atom is -0.383 e. The molecule has 1 rings (SSSR count). The maximum atomic E-state index is 11.6. The minimum absolute atomic E-state index is 0.121. The number of ketones is 1. The quantitative estimate of drug-likeness (QED) is 0.515. The van der Waals surface area contributed by atoms with Crippen LogP contribution in [0.5, 0.6) is 0 Å². The number of rotatable bonds is 3. The summed E-state index contributed by atoms with van der Waals surface area (Å²) in [4.78, 5) is 13.3. The van der Waals surface area contributed by atoms with Gasteiger partial charge in [0, 0.05) is 33.4 Å². The normalized spacial score (nSPS) is 10.9. The van der Waals surface area contributed by atoms with Crippen molar-refractivity contribution in [3.8, 4) is 0 Å². The Labute approximate surface area is 83.0 Å². The molecule has 0 atom stereocenters. The van der Waals surface area contributed by atoms with Crippen LogP contribution in [0.25, 0.3) is 0 Å². The third-order valence-corrected chi connectivity index (χ3v) is 1.86. The summed E-state index contributed by atoms with van der Waals surface area (Å²) in [6.45, 7) is 1.82. The number of hydrogen-bond acceptors (Lipinski definition) is 4. The molecule has 1 heterocycles. The molecule has 0 aliphatic heterocycles. The van der Waals surface area contributed by atoms with Crippen molar-refractivity contribution in [3.05, 3.63) is 23.7 Å². The van der Waals surface area contributed by atoms with E-state index in [2.05, 4.69) is 10.3 Å². The SMILES string of the molecule is Cc1c(C(=O)/C=C/N(C)C)nnn1C. The van der Waals surface area contributed by atoms with Gasteiger partial charge in [-0.05, 0) is 6.92 Å². The molecule has 14 heavy (non-hydrogen) atoms. The molecule has 0 saturated heterocycles. The van der Waals surface area contributed by atoms with Gasteiger partial charge in [-0.1, -0.05) is 5.21 Å². The van der Waals surface area contributed by atoms with E-state index in [1.54, 1.807) is 22.8 Å². The first-order valence-electron chi connectivity index (χ1n) is 4.27. The van der Waals surface area contributed by atoms with E-state index in [9.17, 15) is 4.79 Å². The Balaban J connectivity index is 2.85. The zero-order chi connectivity index (χ0) is 10.7. The van der Waals surface area contributed by atoms with Gasteiger partial charge in [-0.2, -0.15) is 0 Å².